The fraction of sp³-hybridized carbons (Fsp3) is 0.409. The SMILES string of the molecule is CC.CC.Cc1cc(C)cc(-c2cccc(CCCC=N)c2)c1. The third-order valence-corrected chi connectivity index (χ3v) is 3.30. The van der Waals surface area contributed by atoms with Crippen LogP contribution in [0.2, 0.25) is 0 Å². The average molecular weight is 312 g/mol. The maximum absolute atomic E-state index is 7.07. The molecule has 0 unspecified atom stereocenters. The first-order chi connectivity index (χ1) is 11.2. The molecule has 2 rings (SSSR count). The van der Waals surface area contributed by atoms with Crippen LogP contribution < -0.4 is 0 Å². The Labute approximate surface area is 143 Å². The molecule has 126 valence electrons. The Morgan fingerprint density at radius 2 is 1.43 bits per heavy atom. The molecule has 0 atom stereocenters. The molecule has 0 aromatic heterocycles. The van der Waals surface area contributed by atoms with Gasteiger partial charge in [0.05, 0.1) is 0 Å². The summed E-state index contributed by atoms with van der Waals surface area (Å²) in [5.74, 6) is 0. The molecule has 1 nitrogen and oxygen atoms in total. The zero-order chi connectivity index (χ0) is 17.7. The summed E-state index contributed by atoms with van der Waals surface area (Å²) >= 11 is 0. The lowest BCUT2D eigenvalue weighted by Crippen LogP contribution is -1.88. The summed E-state index contributed by atoms with van der Waals surface area (Å²) in [6.45, 7) is 12.3. The number of unbranched alkanes of at least 4 members (excludes halogenated alkanes) is 1. The van der Waals surface area contributed by atoms with Crippen molar-refractivity contribution in [1.82, 2.24) is 0 Å². The van der Waals surface area contributed by atoms with E-state index < -0.39 is 0 Å². The Bertz CT molecular complexity index is 550. The second-order valence-electron chi connectivity index (χ2n) is 5.17. The van der Waals surface area contributed by atoms with Crippen LogP contribution >= 0.6 is 0 Å². The Morgan fingerprint density at radius 1 is 0.826 bits per heavy atom. The minimum Gasteiger partial charge on any atom is -0.313 e. The quantitative estimate of drug-likeness (QED) is 0.454. The zero-order valence-corrected chi connectivity index (χ0v) is 15.7. The van der Waals surface area contributed by atoms with Crippen LogP contribution in [0, 0.1) is 19.3 Å². The molecule has 0 fully saturated rings. The van der Waals surface area contributed by atoms with Gasteiger partial charge in [-0.15, -0.1) is 0 Å². The van der Waals surface area contributed by atoms with E-state index in [1.165, 1.54) is 34.0 Å². The fourth-order valence-electron chi connectivity index (χ4n) is 2.46. The van der Waals surface area contributed by atoms with Crippen LogP contribution in [-0.2, 0) is 6.42 Å². The second-order valence-corrected chi connectivity index (χ2v) is 5.17. The Kier molecular flexibility index (Phi) is 11.6. The van der Waals surface area contributed by atoms with Gasteiger partial charge in [0, 0.05) is 0 Å². The summed E-state index contributed by atoms with van der Waals surface area (Å²) in [4.78, 5) is 0. The third kappa shape index (κ3) is 7.78. The zero-order valence-electron chi connectivity index (χ0n) is 15.7. The molecule has 0 saturated carbocycles. The first-order valence-electron chi connectivity index (χ1n) is 8.85. The van der Waals surface area contributed by atoms with Crippen LogP contribution in [-0.4, -0.2) is 6.21 Å². The molecule has 0 bridgehead atoms. The Morgan fingerprint density at radius 3 is 2.00 bits per heavy atom. The number of rotatable bonds is 5. The molecule has 1 N–H and O–H groups in total. The lowest BCUT2D eigenvalue weighted by molar-refractivity contribution is 0.872. The lowest BCUT2D eigenvalue weighted by Gasteiger charge is -2.07. The van der Waals surface area contributed by atoms with Gasteiger partial charge >= 0.3 is 0 Å². The van der Waals surface area contributed by atoms with Crippen molar-refractivity contribution in [2.75, 3.05) is 0 Å². The van der Waals surface area contributed by atoms with Crippen molar-refractivity contribution in [1.29, 1.82) is 5.41 Å². The molecule has 2 aromatic rings. The van der Waals surface area contributed by atoms with Crippen molar-refractivity contribution >= 4 is 6.21 Å². The molecular weight excluding hydrogens is 278 g/mol. The van der Waals surface area contributed by atoms with E-state index in [0.717, 1.165) is 19.3 Å². The van der Waals surface area contributed by atoms with Gasteiger partial charge in [-0.1, -0.05) is 81.3 Å². The topological polar surface area (TPSA) is 23.9 Å². The van der Waals surface area contributed by atoms with Gasteiger partial charge in [-0.2, -0.15) is 0 Å². The Balaban J connectivity index is 0.00000112. The molecule has 0 aliphatic rings. The molecule has 0 spiro atoms. The maximum Gasteiger partial charge on any atom is -0.00476 e. The van der Waals surface area contributed by atoms with Crippen LogP contribution in [0.1, 0.15) is 57.2 Å². The highest BCUT2D eigenvalue weighted by Crippen LogP contribution is 2.23. The number of hydrogen-bond donors (Lipinski definition) is 1. The van der Waals surface area contributed by atoms with E-state index in [1.54, 1.807) is 0 Å². The average Bonchev–Trinajstić information content (AvgIpc) is 2.58. The first-order valence-corrected chi connectivity index (χ1v) is 8.85. The molecular formula is C22H33N. The number of nitrogens with one attached hydrogen (secondary N) is 1. The highest BCUT2D eigenvalue weighted by atomic mass is 14.3. The summed E-state index contributed by atoms with van der Waals surface area (Å²) in [6, 6.07) is 15.4. The second kappa shape index (κ2) is 12.6. The molecule has 0 heterocycles. The summed E-state index contributed by atoms with van der Waals surface area (Å²) in [5, 5.41) is 7.07. The van der Waals surface area contributed by atoms with E-state index in [-0.39, 0.29) is 0 Å². The smallest absolute Gasteiger partial charge is 0.00476 e. The van der Waals surface area contributed by atoms with E-state index in [9.17, 15) is 0 Å². The first kappa shape index (κ1) is 21.1. The van der Waals surface area contributed by atoms with Crippen LogP contribution in [0.4, 0.5) is 0 Å². The number of benzene rings is 2. The highest BCUT2D eigenvalue weighted by molar-refractivity contribution is 5.65. The molecule has 0 radical (unpaired) electrons. The minimum absolute atomic E-state index is 0.869. The highest BCUT2D eigenvalue weighted by Gasteiger charge is 2.01. The van der Waals surface area contributed by atoms with Crippen molar-refractivity contribution in [3.8, 4) is 11.1 Å². The van der Waals surface area contributed by atoms with Crippen molar-refractivity contribution in [2.24, 2.45) is 0 Å². The normalized spacial score (nSPS) is 9.13. The van der Waals surface area contributed by atoms with Gasteiger partial charge in [0.1, 0.15) is 0 Å². The van der Waals surface area contributed by atoms with Gasteiger partial charge in [-0.25, -0.2) is 0 Å². The van der Waals surface area contributed by atoms with E-state index in [4.69, 9.17) is 5.41 Å². The standard InChI is InChI=1S/C18H21N.2C2H6/c1-14-10-15(2)12-18(11-14)17-8-5-7-16(13-17)6-3-4-9-19;2*1-2/h5,7-13,19H,3-4,6H2,1-2H3;2*1-2H3. The number of aryl methyl sites for hydroxylation is 3. The molecule has 0 saturated heterocycles. The van der Waals surface area contributed by atoms with Gasteiger partial charge in [-0.05, 0) is 56.0 Å². The molecule has 0 aliphatic carbocycles. The molecule has 0 aliphatic heterocycles. The Hall–Kier alpha value is -1.89. The van der Waals surface area contributed by atoms with Gasteiger partial charge in [0.25, 0.3) is 0 Å². The molecule has 2 aromatic carbocycles. The predicted octanol–water partition coefficient (Wildman–Crippen LogP) is 7.00. The lowest BCUT2D eigenvalue weighted by atomic mass is 9.98. The maximum atomic E-state index is 7.07. The minimum atomic E-state index is 0.869. The van der Waals surface area contributed by atoms with Crippen LogP contribution in [0.5, 0.6) is 0 Å². The monoisotopic (exact) mass is 311 g/mol. The van der Waals surface area contributed by atoms with Crippen LogP contribution in [0.15, 0.2) is 42.5 Å². The van der Waals surface area contributed by atoms with E-state index in [1.807, 2.05) is 27.7 Å². The van der Waals surface area contributed by atoms with E-state index >= 15 is 0 Å². The van der Waals surface area contributed by atoms with Crippen molar-refractivity contribution in [3.63, 3.8) is 0 Å². The summed E-state index contributed by atoms with van der Waals surface area (Å²) < 4.78 is 0. The van der Waals surface area contributed by atoms with Gasteiger partial charge in [-0.3, -0.25) is 0 Å². The van der Waals surface area contributed by atoms with Crippen molar-refractivity contribution < 1.29 is 0 Å². The van der Waals surface area contributed by atoms with E-state index in [0.29, 0.717) is 0 Å². The van der Waals surface area contributed by atoms with E-state index in [2.05, 4.69) is 56.3 Å². The number of hydrogen-bond acceptors (Lipinski definition) is 1. The summed E-state index contributed by atoms with van der Waals surface area (Å²) in [7, 11) is 0. The fourth-order valence-corrected chi connectivity index (χ4v) is 2.46. The summed E-state index contributed by atoms with van der Waals surface area (Å²) in [6.07, 6.45) is 4.47. The van der Waals surface area contributed by atoms with Gasteiger partial charge < -0.3 is 5.41 Å². The molecule has 1 heteroatoms. The van der Waals surface area contributed by atoms with Gasteiger partial charge in [0.15, 0.2) is 0 Å². The summed E-state index contributed by atoms with van der Waals surface area (Å²) in [5.41, 5.74) is 6.57. The third-order valence-electron chi connectivity index (χ3n) is 3.30. The molecule has 23 heavy (non-hydrogen) atoms. The largest absolute Gasteiger partial charge is 0.313 e. The van der Waals surface area contributed by atoms with Gasteiger partial charge in [0.2, 0.25) is 0 Å². The molecule has 0 amide bonds. The van der Waals surface area contributed by atoms with Crippen molar-refractivity contribution in [2.45, 2.75) is 60.8 Å². The van der Waals surface area contributed by atoms with Crippen molar-refractivity contribution in [3.05, 3.63) is 59.2 Å². The van der Waals surface area contributed by atoms with Crippen LogP contribution in [0.3, 0.4) is 0 Å². The van der Waals surface area contributed by atoms with Crippen LogP contribution in [0.25, 0.3) is 11.1 Å². The predicted molar refractivity (Wildman–Crippen MR) is 106 cm³/mol.